The largest absolute Gasteiger partial charge is 0.379 e. The van der Waals surface area contributed by atoms with Crippen LogP contribution in [-0.2, 0) is 4.74 Å². The quantitative estimate of drug-likeness (QED) is 0.358. The number of amides is 1. The van der Waals surface area contributed by atoms with Gasteiger partial charge in [0.25, 0.3) is 5.91 Å². The molecule has 1 aromatic carbocycles. The van der Waals surface area contributed by atoms with E-state index in [0.29, 0.717) is 30.6 Å². The van der Waals surface area contributed by atoms with E-state index >= 15 is 0 Å². The highest BCUT2D eigenvalue weighted by atomic mass is 16.5. The molecule has 1 amide bonds. The highest BCUT2D eigenvalue weighted by molar-refractivity contribution is 5.94. The van der Waals surface area contributed by atoms with Gasteiger partial charge in [-0.15, -0.1) is 0 Å². The maximum atomic E-state index is 12.0. The molecule has 0 radical (unpaired) electrons. The number of ether oxygens (including phenoxy) is 1. The molecule has 0 aromatic heterocycles. The third-order valence-corrected chi connectivity index (χ3v) is 4.73. The summed E-state index contributed by atoms with van der Waals surface area (Å²) in [5.41, 5.74) is 0.672. The average molecular weight is 376 g/mol. The molecule has 1 unspecified atom stereocenters. The van der Waals surface area contributed by atoms with Crippen LogP contribution in [-0.4, -0.2) is 75.8 Å². The normalized spacial score (nSPS) is 16.8. The summed E-state index contributed by atoms with van der Waals surface area (Å²) < 4.78 is 5.46. The van der Waals surface area contributed by atoms with Gasteiger partial charge in [0.1, 0.15) is 0 Å². The molecule has 3 N–H and O–H groups in total. The van der Waals surface area contributed by atoms with Crippen molar-refractivity contribution in [1.82, 2.24) is 20.9 Å². The van der Waals surface area contributed by atoms with Crippen LogP contribution >= 0.6 is 0 Å². The van der Waals surface area contributed by atoms with Gasteiger partial charge >= 0.3 is 0 Å². The molecular weight excluding hydrogens is 342 g/mol. The Morgan fingerprint density at radius 2 is 1.78 bits per heavy atom. The Bertz CT molecular complexity index is 585. The lowest BCUT2D eigenvalue weighted by Crippen LogP contribution is -2.53. The van der Waals surface area contributed by atoms with Gasteiger partial charge in [-0.3, -0.25) is 14.7 Å². The van der Waals surface area contributed by atoms with E-state index in [-0.39, 0.29) is 5.91 Å². The number of nitrogens with one attached hydrogen (secondary N) is 3. The van der Waals surface area contributed by atoms with Crippen molar-refractivity contribution >= 4 is 11.9 Å². The molecule has 1 aliphatic rings. The van der Waals surface area contributed by atoms with Crippen LogP contribution in [0.3, 0.4) is 0 Å². The lowest BCUT2D eigenvalue weighted by atomic mass is 10.0. The lowest BCUT2D eigenvalue weighted by Gasteiger charge is -2.37. The van der Waals surface area contributed by atoms with Crippen LogP contribution in [0.5, 0.6) is 0 Å². The second kappa shape index (κ2) is 11.6. The minimum atomic E-state index is -0.0625. The topological polar surface area (TPSA) is 78.0 Å². The zero-order valence-corrected chi connectivity index (χ0v) is 16.7. The van der Waals surface area contributed by atoms with E-state index in [2.05, 4.69) is 39.7 Å². The third-order valence-electron chi connectivity index (χ3n) is 4.73. The Kier molecular flexibility index (Phi) is 9.07. The number of carbonyl (C=O) groups is 1. The molecule has 2 rings (SSSR count). The first-order valence-electron chi connectivity index (χ1n) is 9.71. The Morgan fingerprint density at radius 1 is 1.11 bits per heavy atom. The van der Waals surface area contributed by atoms with Crippen molar-refractivity contribution in [2.24, 2.45) is 10.9 Å². The molecule has 27 heavy (non-hydrogen) atoms. The van der Waals surface area contributed by atoms with Crippen LogP contribution in [0.15, 0.2) is 35.3 Å². The predicted molar refractivity (Wildman–Crippen MR) is 109 cm³/mol. The molecule has 0 saturated carbocycles. The molecule has 1 saturated heterocycles. The van der Waals surface area contributed by atoms with E-state index in [0.717, 1.165) is 38.8 Å². The summed E-state index contributed by atoms with van der Waals surface area (Å²) in [4.78, 5) is 18.8. The van der Waals surface area contributed by atoms with Gasteiger partial charge in [0.05, 0.1) is 13.2 Å². The number of guanidine groups is 1. The van der Waals surface area contributed by atoms with E-state index in [1.54, 1.807) is 19.2 Å². The number of benzene rings is 1. The highest BCUT2D eigenvalue weighted by Gasteiger charge is 2.23. The first-order valence-corrected chi connectivity index (χ1v) is 9.71. The van der Waals surface area contributed by atoms with E-state index in [4.69, 9.17) is 4.74 Å². The van der Waals surface area contributed by atoms with Crippen LogP contribution in [0.2, 0.25) is 0 Å². The summed E-state index contributed by atoms with van der Waals surface area (Å²) >= 11 is 0. The highest BCUT2D eigenvalue weighted by Crippen LogP contribution is 2.12. The molecule has 7 nitrogen and oxygen atoms in total. The second-order valence-electron chi connectivity index (χ2n) is 6.96. The van der Waals surface area contributed by atoms with Gasteiger partial charge in [0, 0.05) is 51.4 Å². The zero-order valence-electron chi connectivity index (χ0n) is 16.7. The molecule has 1 aromatic rings. The Hall–Kier alpha value is -2.12. The van der Waals surface area contributed by atoms with E-state index in [1.165, 1.54) is 0 Å². The number of aliphatic imine (C=N–C) groups is 1. The van der Waals surface area contributed by atoms with Crippen molar-refractivity contribution < 1.29 is 9.53 Å². The summed E-state index contributed by atoms with van der Waals surface area (Å²) in [6, 6.07) is 9.67. The van der Waals surface area contributed by atoms with Crippen molar-refractivity contribution in [3.63, 3.8) is 0 Å². The first-order chi connectivity index (χ1) is 13.1. The van der Waals surface area contributed by atoms with Crippen molar-refractivity contribution in [3.05, 3.63) is 35.9 Å². The predicted octanol–water partition coefficient (Wildman–Crippen LogP) is 0.938. The van der Waals surface area contributed by atoms with Gasteiger partial charge in [-0.25, -0.2) is 0 Å². The smallest absolute Gasteiger partial charge is 0.251 e. The average Bonchev–Trinajstić information content (AvgIpc) is 2.70. The van der Waals surface area contributed by atoms with Crippen molar-refractivity contribution in [3.8, 4) is 0 Å². The Morgan fingerprint density at radius 3 is 2.41 bits per heavy atom. The summed E-state index contributed by atoms with van der Waals surface area (Å²) in [5, 5.41) is 9.57. The van der Waals surface area contributed by atoms with Crippen LogP contribution in [0.4, 0.5) is 0 Å². The summed E-state index contributed by atoms with van der Waals surface area (Å²) in [7, 11) is 1.76. The van der Waals surface area contributed by atoms with Crippen LogP contribution < -0.4 is 16.0 Å². The molecule has 7 heteroatoms. The molecular formula is C20H33N5O2. The molecule has 0 spiro atoms. The monoisotopic (exact) mass is 375 g/mol. The van der Waals surface area contributed by atoms with Gasteiger partial charge in [-0.05, 0) is 18.1 Å². The van der Waals surface area contributed by atoms with Crippen LogP contribution in [0.25, 0.3) is 0 Å². The van der Waals surface area contributed by atoms with Gasteiger partial charge in [0.15, 0.2) is 5.96 Å². The van der Waals surface area contributed by atoms with Crippen molar-refractivity contribution in [2.45, 2.75) is 19.9 Å². The lowest BCUT2D eigenvalue weighted by molar-refractivity contribution is 0.00752. The standard InChI is InChI=1S/C20H33N5O2/c1-16(2)18(25-11-13-27-14-12-25)15-24-20(21-3)23-10-9-22-19(26)17-7-5-4-6-8-17/h4-8,16,18H,9-15H2,1-3H3,(H,22,26)(H2,21,23,24). The maximum absolute atomic E-state index is 12.0. The minimum absolute atomic E-state index is 0.0625. The fourth-order valence-corrected chi connectivity index (χ4v) is 3.17. The molecule has 0 bridgehead atoms. The SMILES string of the molecule is CN=C(NCCNC(=O)c1ccccc1)NCC(C(C)C)N1CCOCC1. The number of nitrogens with zero attached hydrogens (tertiary/aromatic N) is 2. The van der Waals surface area contributed by atoms with E-state index < -0.39 is 0 Å². The molecule has 1 heterocycles. The van der Waals surface area contributed by atoms with Crippen molar-refractivity contribution in [2.75, 3.05) is 53.0 Å². The third kappa shape index (κ3) is 7.19. The van der Waals surface area contributed by atoms with E-state index in [9.17, 15) is 4.79 Å². The Balaban J connectivity index is 1.70. The van der Waals surface area contributed by atoms with Gasteiger partial charge in [-0.1, -0.05) is 32.0 Å². The van der Waals surface area contributed by atoms with E-state index in [1.807, 2.05) is 18.2 Å². The fraction of sp³-hybridized carbons (Fsp3) is 0.600. The molecule has 1 aliphatic heterocycles. The number of rotatable bonds is 8. The van der Waals surface area contributed by atoms with Crippen molar-refractivity contribution in [1.29, 1.82) is 0 Å². The minimum Gasteiger partial charge on any atom is -0.379 e. The maximum Gasteiger partial charge on any atom is 0.251 e. The van der Waals surface area contributed by atoms with Gasteiger partial charge in [0.2, 0.25) is 0 Å². The zero-order chi connectivity index (χ0) is 19.5. The van der Waals surface area contributed by atoms with Crippen LogP contribution in [0.1, 0.15) is 24.2 Å². The number of hydrogen-bond acceptors (Lipinski definition) is 4. The molecule has 0 aliphatic carbocycles. The first kappa shape index (κ1) is 21.2. The molecule has 1 fully saturated rings. The number of carbonyl (C=O) groups excluding carboxylic acids is 1. The van der Waals surface area contributed by atoms with Crippen LogP contribution in [0, 0.1) is 5.92 Å². The Labute approximate surface area is 162 Å². The van der Waals surface area contributed by atoms with Gasteiger partial charge in [-0.2, -0.15) is 0 Å². The summed E-state index contributed by atoms with van der Waals surface area (Å²) in [6.45, 7) is 10.0. The summed E-state index contributed by atoms with van der Waals surface area (Å²) in [6.07, 6.45) is 0. The summed E-state index contributed by atoms with van der Waals surface area (Å²) in [5.74, 6) is 1.23. The second-order valence-corrected chi connectivity index (χ2v) is 6.96. The molecule has 150 valence electrons. The van der Waals surface area contributed by atoms with Gasteiger partial charge < -0.3 is 20.7 Å². The number of hydrogen-bond donors (Lipinski definition) is 3. The number of morpholine rings is 1. The molecule has 1 atom stereocenters. The fourth-order valence-electron chi connectivity index (χ4n) is 3.17.